The van der Waals surface area contributed by atoms with Gasteiger partial charge in [-0.05, 0) is 52.5 Å². The van der Waals surface area contributed by atoms with Gasteiger partial charge in [0, 0.05) is 18.8 Å². The molecule has 0 aliphatic carbocycles. The third-order valence-corrected chi connectivity index (χ3v) is 4.05. The summed E-state index contributed by atoms with van der Waals surface area (Å²) in [5.74, 6) is 2.62. The van der Waals surface area contributed by atoms with E-state index < -0.39 is 0 Å². The number of aromatic nitrogens is 4. The van der Waals surface area contributed by atoms with Gasteiger partial charge in [-0.2, -0.15) is 4.68 Å². The van der Waals surface area contributed by atoms with Crippen LogP contribution in [-0.4, -0.2) is 62.8 Å². The van der Waals surface area contributed by atoms with Crippen LogP contribution in [0.5, 0.6) is 0 Å². The SMILES string of the molecule is Cc1cccc(-n2nc(C)nc2CN2CCCN(C)CC2)n1. The normalized spacial score (nSPS) is 17.6. The molecular weight excluding hydrogens is 276 g/mol. The van der Waals surface area contributed by atoms with Crippen LogP contribution in [-0.2, 0) is 6.54 Å². The van der Waals surface area contributed by atoms with Crippen LogP contribution in [0.1, 0.15) is 23.8 Å². The number of likely N-dealkylation sites (N-methyl/N-ethyl adjacent to an activating group) is 1. The Morgan fingerprint density at radius 2 is 1.91 bits per heavy atom. The molecule has 0 radical (unpaired) electrons. The minimum Gasteiger partial charge on any atom is -0.305 e. The van der Waals surface area contributed by atoms with Crippen LogP contribution in [0.4, 0.5) is 0 Å². The molecule has 0 aromatic carbocycles. The Hall–Kier alpha value is -1.79. The van der Waals surface area contributed by atoms with Crippen LogP contribution in [0.15, 0.2) is 18.2 Å². The predicted octanol–water partition coefficient (Wildman–Crippen LogP) is 1.42. The van der Waals surface area contributed by atoms with Crippen LogP contribution in [0.25, 0.3) is 5.82 Å². The van der Waals surface area contributed by atoms with Gasteiger partial charge < -0.3 is 4.90 Å². The zero-order valence-corrected chi connectivity index (χ0v) is 13.7. The molecule has 118 valence electrons. The van der Waals surface area contributed by atoms with Gasteiger partial charge in [-0.25, -0.2) is 9.97 Å². The third kappa shape index (κ3) is 3.51. The zero-order chi connectivity index (χ0) is 15.5. The fourth-order valence-corrected chi connectivity index (χ4v) is 2.85. The van der Waals surface area contributed by atoms with Gasteiger partial charge in [-0.15, -0.1) is 5.10 Å². The van der Waals surface area contributed by atoms with Gasteiger partial charge in [-0.1, -0.05) is 6.07 Å². The van der Waals surface area contributed by atoms with E-state index in [9.17, 15) is 0 Å². The summed E-state index contributed by atoms with van der Waals surface area (Å²) >= 11 is 0. The van der Waals surface area contributed by atoms with Gasteiger partial charge in [0.1, 0.15) is 11.6 Å². The molecule has 6 heteroatoms. The molecule has 0 spiro atoms. The molecule has 3 heterocycles. The van der Waals surface area contributed by atoms with Crippen molar-refractivity contribution in [2.75, 3.05) is 33.2 Å². The Labute approximate surface area is 131 Å². The number of aryl methyl sites for hydroxylation is 2. The second-order valence-corrected chi connectivity index (χ2v) is 6.06. The van der Waals surface area contributed by atoms with Crippen molar-refractivity contribution in [2.45, 2.75) is 26.8 Å². The quantitative estimate of drug-likeness (QED) is 0.858. The Kier molecular flexibility index (Phi) is 4.49. The third-order valence-electron chi connectivity index (χ3n) is 4.05. The number of nitrogens with zero attached hydrogens (tertiary/aromatic N) is 6. The number of hydrogen-bond donors (Lipinski definition) is 0. The number of hydrogen-bond acceptors (Lipinski definition) is 5. The van der Waals surface area contributed by atoms with Crippen molar-refractivity contribution < 1.29 is 0 Å². The van der Waals surface area contributed by atoms with Crippen LogP contribution >= 0.6 is 0 Å². The summed E-state index contributed by atoms with van der Waals surface area (Å²) in [4.78, 5) is 14.0. The maximum atomic E-state index is 4.62. The van der Waals surface area contributed by atoms with Gasteiger partial charge in [0.15, 0.2) is 5.82 Å². The first kappa shape index (κ1) is 15.1. The zero-order valence-electron chi connectivity index (χ0n) is 13.7. The van der Waals surface area contributed by atoms with E-state index in [-0.39, 0.29) is 0 Å². The largest absolute Gasteiger partial charge is 0.305 e. The molecule has 0 N–H and O–H groups in total. The van der Waals surface area contributed by atoms with E-state index >= 15 is 0 Å². The summed E-state index contributed by atoms with van der Waals surface area (Å²) < 4.78 is 1.89. The lowest BCUT2D eigenvalue weighted by Crippen LogP contribution is -2.29. The Balaban J connectivity index is 1.82. The smallest absolute Gasteiger partial charge is 0.155 e. The highest BCUT2D eigenvalue weighted by molar-refractivity contribution is 5.24. The summed E-state index contributed by atoms with van der Waals surface area (Å²) in [5, 5.41) is 4.53. The average molecular weight is 300 g/mol. The molecule has 1 fully saturated rings. The van der Waals surface area contributed by atoms with Crippen LogP contribution in [0.2, 0.25) is 0 Å². The van der Waals surface area contributed by atoms with Crippen molar-refractivity contribution in [1.29, 1.82) is 0 Å². The Morgan fingerprint density at radius 3 is 2.73 bits per heavy atom. The molecule has 0 amide bonds. The minimum atomic E-state index is 0.797. The van der Waals surface area contributed by atoms with E-state index in [1.165, 1.54) is 13.0 Å². The van der Waals surface area contributed by atoms with Crippen molar-refractivity contribution in [3.05, 3.63) is 35.5 Å². The fourth-order valence-electron chi connectivity index (χ4n) is 2.85. The minimum absolute atomic E-state index is 0.797. The molecule has 0 unspecified atom stereocenters. The first-order valence-electron chi connectivity index (χ1n) is 7.89. The predicted molar refractivity (Wildman–Crippen MR) is 86.0 cm³/mol. The molecule has 1 aliphatic rings. The molecule has 2 aromatic rings. The first-order valence-corrected chi connectivity index (χ1v) is 7.89. The summed E-state index contributed by atoms with van der Waals surface area (Å²) in [6, 6.07) is 6.00. The van der Waals surface area contributed by atoms with Crippen molar-refractivity contribution in [2.24, 2.45) is 0 Å². The molecule has 6 nitrogen and oxygen atoms in total. The standard InChI is InChI=1S/C16H24N6/c1-13-6-4-7-15(17-13)22-16(18-14(2)19-22)12-21-9-5-8-20(3)10-11-21/h4,6-7H,5,8-12H2,1-3H3. The molecule has 0 atom stereocenters. The lowest BCUT2D eigenvalue weighted by atomic mass is 10.3. The molecule has 1 aliphatic heterocycles. The molecular formula is C16H24N6. The highest BCUT2D eigenvalue weighted by Crippen LogP contribution is 2.12. The van der Waals surface area contributed by atoms with E-state index in [4.69, 9.17) is 0 Å². The lowest BCUT2D eigenvalue weighted by Gasteiger charge is -2.19. The van der Waals surface area contributed by atoms with Crippen molar-refractivity contribution in [3.8, 4) is 5.82 Å². The molecule has 22 heavy (non-hydrogen) atoms. The van der Waals surface area contributed by atoms with E-state index in [0.29, 0.717) is 0 Å². The van der Waals surface area contributed by atoms with Gasteiger partial charge in [0.05, 0.1) is 6.54 Å². The summed E-state index contributed by atoms with van der Waals surface area (Å²) in [6.45, 7) is 9.21. The second kappa shape index (κ2) is 6.54. The Morgan fingerprint density at radius 1 is 1.05 bits per heavy atom. The number of pyridine rings is 1. The van der Waals surface area contributed by atoms with Gasteiger partial charge in [0.25, 0.3) is 0 Å². The van der Waals surface area contributed by atoms with Crippen LogP contribution < -0.4 is 0 Å². The van der Waals surface area contributed by atoms with Crippen molar-refractivity contribution in [3.63, 3.8) is 0 Å². The van der Waals surface area contributed by atoms with E-state index in [0.717, 1.165) is 49.3 Å². The second-order valence-electron chi connectivity index (χ2n) is 6.06. The molecule has 0 bridgehead atoms. The summed E-state index contributed by atoms with van der Waals surface area (Å²) in [5.41, 5.74) is 0.994. The topological polar surface area (TPSA) is 50.1 Å². The first-order chi connectivity index (χ1) is 10.6. The highest BCUT2D eigenvalue weighted by atomic mass is 15.4. The highest BCUT2D eigenvalue weighted by Gasteiger charge is 2.17. The fraction of sp³-hybridized carbons (Fsp3) is 0.562. The maximum Gasteiger partial charge on any atom is 0.155 e. The molecule has 1 saturated heterocycles. The Bertz CT molecular complexity index is 635. The van der Waals surface area contributed by atoms with E-state index in [1.54, 1.807) is 0 Å². The lowest BCUT2D eigenvalue weighted by molar-refractivity contribution is 0.261. The molecule has 3 rings (SSSR count). The van der Waals surface area contributed by atoms with E-state index in [2.05, 4.69) is 31.9 Å². The van der Waals surface area contributed by atoms with Crippen LogP contribution in [0, 0.1) is 13.8 Å². The average Bonchev–Trinajstić information content (AvgIpc) is 2.72. The number of rotatable bonds is 3. The monoisotopic (exact) mass is 300 g/mol. The van der Waals surface area contributed by atoms with Gasteiger partial charge in [-0.3, -0.25) is 4.90 Å². The molecule has 0 saturated carbocycles. The summed E-state index contributed by atoms with van der Waals surface area (Å²) in [6.07, 6.45) is 1.20. The van der Waals surface area contributed by atoms with Crippen LogP contribution in [0.3, 0.4) is 0 Å². The van der Waals surface area contributed by atoms with Gasteiger partial charge >= 0.3 is 0 Å². The molecule has 2 aromatic heterocycles. The van der Waals surface area contributed by atoms with Gasteiger partial charge in [0.2, 0.25) is 0 Å². The summed E-state index contributed by atoms with van der Waals surface area (Å²) in [7, 11) is 2.19. The van der Waals surface area contributed by atoms with Crippen molar-refractivity contribution >= 4 is 0 Å². The van der Waals surface area contributed by atoms with Crippen molar-refractivity contribution in [1.82, 2.24) is 29.5 Å². The maximum absolute atomic E-state index is 4.62. The van der Waals surface area contributed by atoms with E-state index in [1.807, 2.05) is 36.7 Å².